The standard InChI is InChI=1S/C19H23N3O3S/c23-26(24,22-11-14-5-6-14)16-7-8-19(21-13-16)20-12-15-9-10-25-18-4-2-1-3-17(15)18/h1-4,7-8,13-15,22H,5-6,9-12H2,(H,20,21). The van der Waals surface area contributed by atoms with Gasteiger partial charge in [0.15, 0.2) is 0 Å². The number of fused-ring (bicyclic) bond motifs is 1. The zero-order valence-electron chi connectivity index (χ0n) is 14.5. The maximum Gasteiger partial charge on any atom is 0.242 e. The van der Waals surface area contributed by atoms with E-state index in [2.05, 4.69) is 21.1 Å². The Morgan fingerprint density at radius 1 is 1.08 bits per heavy atom. The van der Waals surface area contributed by atoms with Gasteiger partial charge in [0.1, 0.15) is 16.5 Å². The van der Waals surface area contributed by atoms with Crippen molar-refractivity contribution in [1.82, 2.24) is 9.71 Å². The summed E-state index contributed by atoms with van der Waals surface area (Å²) in [6.07, 6.45) is 4.58. The number of aromatic nitrogens is 1. The summed E-state index contributed by atoms with van der Waals surface area (Å²) in [4.78, 5) is 4.47. The fraction of sp³-hybridized carbons (Fsp3) is 0.421. The number of ether oxygens (including phenoxy) is 1. The SMILES string of the molecule is O=S(=O)(NCC1CC1)c1ccc(NCC2CCOc3ccccc32)nc1. The highest BCUT2D eigenvalue weighted by Gasteiger charge is 2.24. The van der Waals surface area contributed by atoms with Crippen LogP contribution in [0.25, 0.3) is 0 Å². The third-order valence-corrected chi connectivity index (χ3v) is 6.33. The van der Waals surface area contributed by atoms with Crippen molar-refractivity contribution in [3.63, 3.8) is 0 Å². The van der Waals surface area contributed by atoms with E-state index >= 15 is 0 Å². The molecule has 4 rings (SSSR count). The third kappa shape index (κ3) is 3.99. The first kappa shape index (κ1) is 17.3. The number of hydrogen-bond donors (Lipinski definition) is 2. The maximum atomic E-state index is 12.2. The second-order valence-electron chi connectivity index (χ2n) is 6.93. The Morgan fingerprint density at radius 3 is 2.69 bits per heavy atom. The maximum absolute atomic E-state index is 12.2. The van der Waals surface area contributed by atoms with E-state index in [0.717, 1.165) is 31.6 Å². The minimum atomic E-state index is -3.46. The Balaban J connectivity index is 1.37. The van der Waals surface area contributed by atoms with Crippen molar-refractivity contribution in [1.29, 1.82) is 0 Å². The number of rotatable bonds is 7. The molecule has 2 aliphatic rings. The van der Waals surface area contributed by atoms with Crippen molar-refractivity contribution < 1.29 is 13.2 Å². The van der Waals surface area contributed by atoms with Gasteiger partial charge < -0.3 is 10.1 Å². The highest BCUT2D eigenvalue weighted by molar-refractivity contribution is 7.89. The second-order valence-corrected chi connectivity index (χ2v) is 8.69. The van der Waals surface area contributed by atoms with Gasteiger partial charge in [0.05, 0.1) is 6.61 Å². The molecule has 6 nitrogen and oxygen atoms in total. The lowest BCUT2D eigenvalue weighted by Crippen LogP contribution is -2.26. The predicted molar refractivity (Wildman–Crippen MR) is 99.9 cm³/mol. The highest BCUT2D eigenvalue weighted by Crippen LogP contribution is 2.33. The van der Waals surface area contributed by atoms with Crippen LogP contribution in [0.3, 0.4) is 0 Å². The van der Waals surface area contributed by atoms with Crippen molar-refractivity contribution in [3.05, 3.63) is 48.2 Å². The number of pyridine rings is 1. The van der Waals surface area contributed by atoms with Crippen LogP contribution in [0.5, 0.6) is 5.75 Å². The molecule has 0 spiro atoms. The minimum absolute atomic E-state index is 0.208. The molecule has 7 heteroatoms. The molecule has 138 valence electrons. The van der Waals surface area contributed by atoms with Crippen LogP contribution in [0.1, 0.15) is 30.7 Å². The molecule has 2 aromatic rings. The number of hydrogen-bond acceptors (Lipinski definition) is 5. The highest BCUT2D eigenvalue weighted by atomic mass is 32.2. The number of sulfonamides is 1. The van der Waals surface area contributed by atoms with Crippen LogP contribution in [0.15, 0.2) is 47.5 Å². The number of benzene rings is 1. The number of para-hydroxylation sites is 1. The van der Waals surface area contributed by atoms with Crippen LogP contribution < -0.4 is 14.8 Å². The van der Waals surface area contributed by atoms with E-state index in [-0.39, 0.29) is 4.90 Å². The van der Waals surface area contributed by atoms with Crippen LogP contribution in [0.4, 0.5) is 5.82 Å². The lowest BCUT2D eigenvalue weighted by Gasteiger charge is -2.26. The zero-order valence-corrected chi connectivity index (χ0v) is 15.3. The van der Waals surface area contributed by atoms with Gasteiger partial charge in [-0.15, -0.1) is 0 Å². The predicted octanol–water partition coefficient (Wildman–Crippen LogP) is 2.75. The van der Waals surface area contributed by atoms with E-state index in [1.807, 2.05) is 18.2 Å². The van der Waals surface area contributed by atoms with Gasteiger partial charge in [0, 0.05) is 25.2 Å². The normalized spacial score (nSPS) is 19.5. The topological polar surface area (TPSA) is 80.3 Å². The zero-order chi connectivity index (χ0) is 18.0. The smallest absolute Gasteiger partial charge is 0.242 e. The van der Waals surface area contributed by atoms with E-state index in [0.29, 0.717) is 30.8 Å². The van der Waals surface area contributed by atoms with E-state index in [4.69, 9.17) is 4.74 Å². The van der Waals surface area contributed by atoms with E-state index in [1.54, 1.807) is 12.1 Å². The number of nitrogens with one attached hydrogen (secondary N) is 2. The van der Waals surface area contributed by atoms with Crippen molar-refractivity contribution in [2.45, 2.75) is 30.1 Å². The minimum Gasteiger partial charge on any atom is -0.493 e. The molecule has 1 aromatic heterocycles. The van der Waals surface area contributed by atoms with Crippen LogP contribution in [0, 0.1) is 5.92 Å². The molecule has 1 aliphatic carbocycles. The quantitative estimate of drug-likeness (QED) is 0.780. The molecular weight excluding hydrogens is 350 g/mol. The summed E-state index contributed by atoms with van der Waals surface area (Å²) < 4.78 is 32.8. The van der Waals surface area contributed by atoms with E-state index in [9.17, 15) is 8.42 Å². The first-order chi connectivity index (χ1) is 12.6. The molecule has 2 N–H and O–H groups in total. The summed E-state index contributed by atoms with van der Waals surface area (Å²) in [7, 11) is -3.46. The molecular formula is C19H23N3O3S. The molecule has 1 atom stereocenters. The lowest BCUT2D eigenvalue weighted by atomic mass is 9.93. The fourth-order valence-corrected chi connectivity index (χ4v) is 4.19. The van der Waals surface area contributed by atoms with Gasteiger partial charge in [-0.05, 0) is 48.9 Å². The molecule has 2 heterocycles. The Labute approximate surface area is 154 Å². The monoisotopic (exact) mass is 373 g/mol. The van der Waals surface area contributed by atoms with Crippen molar-refractivity contribution in [2.24, 2.45) is 5.92 Å². The molecule has 0 bridgehead atoms. The Morgan fingerprint density at radius 2 is 1.92 bits per heavy atom. The summed E-state index contributed by atoms with van der Waals surface area (Å²) in [5.74, 6) is 2.48. The van der Waals surface area contributed by atoms with Crippen molar-refractivity contribution in [2.75, 3.05) is 25.0 Å². The summed E-state index contributed by atoms with van der Waals surface area (Å²) in [5, 5.41) is 3.31. The Bertz CT molecular complexity index is 864. The summed E-state index contributed by atoms with van der Waals surface area (Å²) in [6, 6.07) is 11.4. The average Bonchev–Trinajstić information content (AvgIpc) is 3.50. The first-order valence-corrected chi connectivity index (χ1v) is 10.5. The molecule has 0 amide bonds. The van der Waals surface area contributed by atoms with Crippen LogP contribution >= 0.6 is 0 Å². The third-order valence-electron chi connectivity index (χ3n) is 4.92. The van der Waals surface area contributed by atoms with Crippen LogP contribution in [-0.2, 0) is 10.0 Å². The largest absolute Gasteiger partial charge is 0.493 e. The number of nitrogens with zero attached hydrogens (tertiary/aromatic N) is 1. The first-order valence-electron chi connectivity index (χ1n) is 9.03. The Hall–Kier alpha value is -2.12. The van der Waals surface area contributed by atoms with Gasteiger partial charge in [-0.25, -0.2) is 18.1 Å². The van der Waals surface area contributed by atoms with Crippen LogP contribution in [0.2, 0.25) is 0 Å². The van der Waals surface area contributed by atoms with Crippen molar-refractivity contribution in [3.8, 4) is 5.75 Å². The van der Waals surface area contributed by atoms with Gasteiger partial charge >= 0.3 is 0 Å². The molecule has 1 aliphatic heterocycles. The number of anilines is 1. The van der Waals surface area contributed by atoms with Crippen molar-refractivity contribution >= 4 is 15.8 Å². The van der Waals surface area contributed by atoms with Crippen LogP contribution in [-0.4, -0.2) is 33.1 Å². The van der Waals surface area contributed by atoms with Gasteiger partial charge in [0.2, 0.25) is 10.0 Å². The summed E-state index contributed by atoms with van der Waals surface area (Å²) in [6.45, 7) is 1.96. The molecule has 1 saturated carbocycles. The van der Waals surface area contributed by atoms with E-state index < -0.39 is 10.0 Å². The molecule has 1 unspecified atom stereocenters. The molecule has 0 radical (unpaired) electrons. The second kappa shape index (κ2) is 7.25. The molecule has 1 fully saturated rings. The molecule has 1 aromatic carbocycles. The van der Waals surface area contributed by atoms with Gasteiger partial charge in [-0.1, -0.05) is 18.2 Å². The van der Waals surface area contributed by atoms with Gasteiger partial charge in [0.25, 0.3) is 0 Å². The summed E-state index contributed by atoms with van der Waals surface area (Å²) >= 11 is 0. The van der Waals surface area contributed by atoms with E-state index in [1.165, 1.54) is 11.8 Å². The molecule has 26 heavy (non-hydrogen) atoms. The lowest BCUT2D eigenvalue weighted by molar-refractivity contribution is 0.270. The Kier molecular flexibility index (Phi) is 4.82. The van der Waals surface area contributed by atoms with Gasteiger partial charge in [-0.2, -0.15) is 0 Å². The van der Waals surface area contributed by atoms with Gasteiger partial charge in [-0.3, -0.25) is 0 Å². The molecule has 0 saturated heterocycles. The fourth-order valence-electron chi connectivity index (χ4n) is 3.13. The summed E-state index contributed by atoms with van der Waals surface area (Å²) in [5.41, 5.74) is 1.20. The average molecular weight is 373 g/mol.